The first-order valence-electron chi connectivity index (χ1n) is 15.2. The fraction of sp³-hybridized carbons (Fsp3) is 0.306. The maximum absolute atomic E-state index is 13.7. The van der Waals surface area contributed by atoms with Gasteiger partial charge in [-0.05, 0) is 62.9 Å². The number of hydrogen-bond donors (Lipinski definition) is 5. The molecule has 3 atom stereocenters. The molecule has 10 nitrogen and oxygen atoms in total. The number of fused-ring (bicyclic) bond motifs is 1. The number of nitrogens with one attached hydrogen (secondary N) is 3. The smallest absolute Gasteiger partial charge is 0.270 e. The minimum atomic E-state index is -1.32. The van der Waals surface area contributed by atoms with Gasteiger partial charge in [0, 0.05) is 22.9 Å². The molecule has 0 aliphatic carbocycles. The summed E-state index contributed by atoms with van der Waals surface area (Å²) in [4.78, 5) is 56.4. The molecule has 4 rings (SSSR count). The van der Waals surface area contributed by atoms with E-state index < -0.39 is 47.9 Å². The average molecular weight is 624 g/mol. The molecule has 3 aromatic carbocycles. The zero-order valence-electron chi connectivity index (χ0n) is 26.5. The molecule has 0 unspecified atom stereocenters. The van der Waals surface area contributed by atoms with Gasteiger partial charge in [0.05, 0.1) is 24.1 Å². The molecule has 0 saturated carbocycles. The number of para-hydroxylation sites is 1. The summed E-state index contributed by atoms with van der Waals surface area (Å²) in [5.74, 6) is -2.41. The molecule has 1 heterocycles. The molecule has 240 valence electrons. The highest BCUT2D eigenvalue weighted by molar-refractivity contribution is 5.99. The second kappa shape index (κ2) is 14.8. The first-order valence-corrected chi connectivity index (χ1v) is 15.2. The Labute approximate surface area is 268 Å². The molecule has 0 aliphatic rings. The third kappa shape index (κ3) is 9.21. The van der Waals surface area contributed by atoms with E-state index in [4.69, 9.17) is 5.73 Å². The Kier molecular flexibility index (Phi) is 10.9. The van der Waals surface area contributed by atoms with Crippen LogP contribution in [-0.2, 0) is 22.4 Å². The Balaban J connectivity index is 1.57. The van der Waals surface area contributed by atoms with Crippen LogP contribution in [0.3, 0.4) is 0 Å². The number of carbonyl (C=O) groups excluding carboxylic acids is 4. The number of primary amides is 1. The van der Waals surface area contributed by atoms with Gasteiger partial charge in [-0.2, -0.15) is 0 Å². The Hall–Kier alpha value is -5.09. The van der Waals surface area contributed by atoms with Crippen LogP contribution in [0.25, 0.3) is 10.9 Å². The quantitative estimate of drug-likeness (QED) is 0.162. The lowest BCUT2D eigenvalue weighted by atomic mass is 9.93. The lowest BCUT2D eigenvalue weighted by Crippen LogP contribution is -2.54. The van der Waals surface area contributed by atoms with Gasteiger partial charge in [-0.25, -0.2) is 4.98 Å². The maximum Gasteiger partial charge on any atom is 0.270 e. The van der Waals surface area contributed by atoms with Crippen LogP contribution >= 0.6 is 0 Å². The molecule has 0 saturated heterocycles. The highest BCUT2D eigenvalue weighted by Crippen LogP contribution is 2.18. The summed E-state index contributed by atoms with van der Waals surface area (Å²) < 4.78 is 0. The van der Waals surface area contributed by atoms with Crippen LogP contribution < -0.4 is 21.7 Å². The van der Waals surface area contributed by atoms with Crippen molar-refractivity contribution in [3.8, 4) is 0 Å². The van der Waals surface area contributed by atoms with Crippen molar-refractivity contribution in [3.05, 3.63) is 113 Å². The number of carbonyl (C=O) groups is 4. The molecule has 1 aromatic heterocycles. The van der Waals surface area contributed by atoms with E-state index in [1.54, 1.807) is 36.4 Å². The maximum atomic E-state index is 13.7. The van der Waals surface area contributed by atoms with Crippen molar-refractivity contribution in [3.63, 3.8) is 0 Å². The Morgan fingerprint density at radius 1 is 0.826 bits per heavy atom. The third-order valence-corrected chi connectivity index (χ3v) is 7.45. The van der Waals surface area contributed by atoms with E-state index in [0.717, 1.165) is 16.5 Å². The summed E-state index contributed by atoms with van der Waals surface area (Å²) in [5, 5.41) is 20.8. The lowest BCUT2D eigenvalue weighted by molar-refractivity contribution is -0.128. The third-order valence-electron chi connectivity index (χ3n) is 7.45. The average Bonchev–Trinajstić information content (AvgIpc) is 3.00. The summed E-state index contributed by atoms with van der Waals surface area (Å²) >= 11 is 0. The minimum absolute atomic E-state index is 0.0543. The Morgan fingerprint density at radius 3 is 2.22 bits per heavy atom. The topological polar surface area (TPSA) is 164 Å². The first-order chi connectivity index (χ1) is 21.8. The van der Waals surface area contributed by atoms with Crippen LogP contribution in [0, 0.1) is 6.92 Å². The number of aryl methyl sites for hydroxylation is 1. The zero-order valence-corrected chi connectivity index (χ0v) is 26.5. The van der Waals surface area contributed by atoms with Crippen LogP contribution in [0.2, 0.25) is 0 Å². The Bertz CT molecular complexity index is 1720. The number of pyridine rings is 1. The number of rotatable bonds is 12. The molecular formula is C36H41N5O5. The zero-order chi connectivity index (χ0) is 33.4. The number of aliphatic hydroxyl groups is 1. The number of hydrogen-bond acceptors (Lipinski definition) is 6. The number of benzene rings is 3. The van der Waals surface area contributed by atoms with E-state index in [2.05, 4.69) is 20.9 Å². The van der Waals surface area contributed by atoms with E-state index >= 15 is 0 Å². The fourth-order valence-electron chi connectivity index (χ4n) is 5.19. The monoisotopic (exact) mass is 623 g/mol. The predicted octanol–water partition coefficient (Wildman–Crippen LogP) is 3.38. The molecule has 4 amide bonds. The van der Waals surface area contributed by atoms with Gasteiger partial charge in [0.15, 0.2) is 0 Å². The molecule has 4 aromatic rings. The van der Waals surface area contributed by atoms with Gasteiger partial charge < -0.3 is 26.8 Å². The summed E-state index contributed by atoms with van der Waals surface area (Å²) in [5.41, 5.74) is 8.48. The summed E-state index contributed by atoms with van der Waals surface area (Å²) in [7, 11) is 0. The second-order valence-corrected chi connectivity index (χ2v) is 12.5. The SMILES string of the molecule is Cc1cccc2ccc(C(=O)N[C@@H](CC(N)=O)C(=O)N[C@@H](Cc3ccccc3)[C@H](O)Cc3ccccc3C(=O)NC(C)(C)C)nc12. The predicted molar refractivity (Wildman–Crippen MR) is 177 cm³/mol. The molecule has 6 N–H and O–H groups in total. The standard InChI is InChI=1S/C36H41N5O5/c1-22-11-10-15-24-17-18-27(38-32(22)24)34(45)40-29(21-31(37)43)35(46)39-28(19-23-12-6-5-7-13-23)30(42)20-25-14-8-9-16-26(25)33(44)41-36(2,3)4/h5-18,28-30,42H,19-21H2,1-4H3,(H2,37,43)(H,39,46)(H,40,45)(H,41,44)/t28-,29-,30+/m0/s1. The summed E-state index contributed by atoms with van der Waals surface area (Å²) in [6.07, 6.45) is -1.30. The molecule has 0 radical (unpaired) electrons. The molecule has 0 fully saturated rings. The largest absolute Gasteiger partial charge is 0.391 e. The van der Waals surface area contributed by atoms with Crippen molar-refractivity contribution >= 4 is 34.5 Å². The van der Waals surface area contributed by atoms with Gasteiger partial charge in [0.1, 0.15) is 11.7 Å². The van der Waals surface area contributed by atoms with Crippen LogP contribution in [0.5, 0.6) is 0 Å². The number of aromatic nitrogens is 1. The van der Waals surface area contributed by atoms with Gasteiger partial charge in [0.2, 0.25) is 11.8 Å². The number of aliphatic hydroxyl groups excluding tert-OH is 1. The van der Waals surface area contributed by atoms with Crippen LogP contribution in [0.4, 0.5) is 0 Å². The Morgan fingerprint density at radius 2 is 1.52 bits per heavy atom. The van der Waals surface area contributed by atoms with Crippen molar-refractivity contribution in [2.24, 2.45) is 5.73 Å². The number of nitrogens with two attached hydrogens (primary N) is 1. The van der Waals surface area contributed by atoms with Crippen molar-refractivity contribution in [2.75, 3.05) is 0 Å². The number of nitrogens with zero attached hydrogens (tertiary/aromatic N) is 1. The van der Waals surface area contributed by atoms with Crippen molar-refractivity contribution < 1.29 is 24.3 Å². The van der Waals surface area contributed by atoms with Crippen LogP contribution in [0.15, 0.2) is 84.9 Å². The summed E-state index contributed by atoms with van der Waals surface area (Å²) in [6.45, 7) is 7.53. The first kappa shape index (κ1) is 33.8. The highest BCUT2D eigenvalue weighted by atomic mass is 16.3. The lowest BCUT2D eigenvalue weighted by Gasteiger charge is -2.28. The molecule has 0 spiro atoms. The van der Waals surface area contributed by atoms with E-state index in [-0.39, 0.29) is 24.4 Å². The molecular weight excluding hydrogens is 582 g/mol. The van der Waals surface area contributed by atoms with E-state index in [9.17, 15) is 24.3 Å². The van der Waals surface area contributed by atoms with E-state index in [1.807, 2.05) is 76.2 Å². The van der Waals surface area contributed by atoms with Gasteiger partial charge in [-0.3, -0.25) is 19.2 Å². The van der Waals surface area contributed by atoms with E-state index in [0.29, 0.717) is 16.6 Å². The van der Waals surface area contributed by atoms with Crippen molar-refractivity contribution in [1.29, 1.82) is 0 Å². The van der Waals surface area contributed by atoms with Crippen molar-refractivity contribution in [1.82, 2.24) is 20.9 Å². The van der Waals surface area contributed by atoms with Crippen LogP contribution in [0.1, 0.15) is 64.7 Å². The molecule has 10 heteroatoms. The second-order valence-electron chi connectivity index (χ2n) is 12.5. The highest BCUT2D eigenvalue weighted by Gasteiger charge is 2.30. The summed E-state index contributed by atoms with van der Waals surface area (Å²) in [6, 6.07) is 23.1. The minimum Gasteiger partial charge on any atom is -0.391 e. The number of amides is 4. The molecule has 0 bridgehead atoms. The van der Waals surface area contributed by atoms with E-state index in [1.165, 1.54) is 0 Å². The van der Waals surface area contributed by atoms with Crippen LogP contribution in [-0.4, -0.2) is 57.4 Å². The fourth-order valence-corrected chi connectivity index (χ4v) is 5.19. The molecule has 0 aliphatic heterocycles. The van der Waals surface area contributed by atoms with Gasteiger partial charge in [0.25, 0.3) is 11.8 Å². The van der Waals surface area contributed by atoms with Gasteiger partial charge in [-0.15, -0.1) is 0 Å². The normalized spacial score (nSPS) is 13.3. The van der Waals surface area contributed by atoms with Gasteiger partial charge in [-0.1, -0.05) is 72.8 Å². The van der Waals surface area contributed by atoms with Gasteiger partial charge >= 0.3 is 0 Å². The molecule has 46 heavy (non-hydrogen) atoms. The van der Waals surface area contributed by atoms with Crippen molar-refractivity contribution in [2.45, 2.75) is 70.7 Å².